The number of aromatic amines is 1. The molecule has 72 heavy (non-hydrogen) atoms. The van der Waals surface area contributed by atoms with Crippen LogP contribution in [-0.2, 0) is 19.6 Å². The minimum atomic E-state index is -4.74. The maximum atomic E-state index is 16.0. The fourth-order valence-corrected chi connectivity index (χ4v) is 12.3. The van der Waals surface area contributed by atoms with Gasteiger partial charge in [-0.1, -0.05) is 38.1 Å². The predicted molar refractivity (Wildman–Crippen MR) is 267 cm³/mol. The van der Waals surface area contributed by atoms with E-state index in [4.69, 9.17) is 19.2 Å². The van der Waals surface area contributed by atoms with E-state index in [-0.39, 0.29) is 66.7 Å². The number of alkyl halides is 1. The van der Waals surface area contributed by atoms with Crippen molar-refractivity contribution in [2.45, 2.75) is 93.8 Å². The maximum Gasteiger partial charge on any atom is 0.312 e. The molecule has 7 heterocycles. The number of likely N-dealkylation sites (tertiary alicyclic amines) is 2. The van der Waals surface area contributed by atoms with Gasteiger partial charge in [-0.2, -0.15) is 4.98 Å². The minimum absolute atomic E-state index is 0.0410. The molecule has 2 aromatic carbocycles. The molecule has 3 aromatic heterocycles. The number of pyridine rings is 2. The van der Waals surface area contributed by atoms with Crippen LogP contribution in [0.5, 0.6) is 17.4 Å². The Kier molecular flexibility index (Phi) is 14.0. The van der Waals surface area contributed by atoms with E-state index in [2.05, 4.69) is 57.9 Å². The topological polar surface area (TPSA) is 206 Å². The Morgan fingerprint density at radius 3 is 2.49 bits per heavy atom. The highest BCUT2D eigenvalue weighted by Gasteiger charge is 2.50. The number of sulfonamides is 1. The number of nitrogens with one attached hydrogen (secondary N) is 2. The van der Waals surface area contributed by atoms with Crippen LogP contribution in [0.25, 0.3) is 11.0 Å². The fourth-order valence-electron chi connectivity index (χ4n) is 11.4. The molecule has 5 aromatic rings. The van der Waals surface area contributed by atoms with Crippen LogP contribution in [0.4, 0.5) is 15.9 Å². The van der Waals surface area contributed by atoms with Crippen molar-refractivity contribution in [3.8, 4) is 17.4 Å². The fraction of sp³-hybridized carbons (Fsp3) is 0.500. The van der Waals surface area contributed by atoms with Crippen LogP contribution in [-0.4, -0.2) is 139 Å². The van der Waals surface area contributed by atoms with Crippen LogP contribution in [0.15, 0.2) is 84.0 Å². The lowest BCUT2D eigenvalue weighted by Crippen LogP contribution is -2.55. The molecule has 2 N–H and O–H groups in total. The van der Waals surface area contributed by atoms with Crippen molar-refractivity contribution in [2.75, 3.05) is 77.1 Å². The number of hydrogen-bond donors (Lipinski definition) is 2. The second kappa shape index (κ2) is 20.4. The zero-order chi connectivity index (χ0) is 50.2. The van der Waals surface area contributed by atoms with Gasteiger partial charge in [0.1, 0.15) is 35.1 Å². The number of ether oxygens (including phenoxy) is 3. The van der Waals surface area contributed by atoms with E-state index in [0.717, 1.165) is 68.9 Å². The number of hydrogen-bond acceptors (Lipinski definition) is 14. The molecule has 10 rings (SSSR count). The molecule has 18 nitrogen and oxygen atoms in total. The third-order valence-electron chi connectivity index (χ3n) is 15.5. The summed E-state index contributed by atoms with van der Waals surface area (Å²) in [6.45, 7) is 9.53. The molecule has 1 atom stereocenters. The van der Waals surface area contributed by atoms with E-state index in [9.17, 15) is 28.1 Å². The van der Waals surface area contributed by atoms with Gasteiger partial charge >= 0.3 is 5.69 Å². The van der Waals surface area contributed by atoms with Crippen LogP contribution in [0.2, 0.25) is 0 Å². The molecule has 4 aliphatic heterocycles. The first kappa shape index (κ1) is 49.4. The summed E-state index contributed by atoms with van der Waals surface area (Å²) < 4.78 is 62.9. The quantitative estimate of drug-likeness (QED) is 0.0769. The van der Waals surface area contributed by atoms with E-state index in [1.165, 1.54) is 36.2 Å². The van der Waals surface area contributed by atoms with E-state index in [1.807, 2.05) is 15.7 Å². The van der Waals surface area contributed by atoms with Crippen molar-refractivity contribution >= 4 is 44.4 Å². The normalized spacial score (nSPS) is 20.7. The molecule has 382 valence electrons. The third-order valence-corrected chi connectivity index (χ3v) is 16.9. The number of carbonyl (C=O) groups is 2. The summed E-state index contributed by atoms with van der Waals surface area (Å²) in [5.41, 5.74) is 0.972. The number of halogens is 1. The van der Waals surface area contributed by atoms with Crippen LogP contribution in [0.3, 0.4) is 0 Å². The van der Waals surface area contributed by atoms with Crippen LogP contribution >= 0.6 is 0 Å². The van der Waals surface area contributed by atoms with Gasteiger partial charge in [-0.3, -0.25) is 29.5 Å². The molecule has 1 aliphatic carbocycles. The number of fused-ring (bicyclic) bond motifs is 1. The molecular weight excluding hydrogens is 946 g/mol. The van der Waals surface area contributed by atoms with Crippen molar-refractivity contribution in [3.63, 3.8) is 0 Å². The van der Waals surface area contributed by atoms with Crippen LogP contribution in [0, 0.1) is 15.5 Å². The van der Waals surface area contributed by atoms with Gasteiger partial charge in [-0.25, -0.2) is 22.5 Å². The Hall–Kier alpha value is -6.22. The van der Waals surface area contributed by atoms with E-state index in [1.54, 1.807) is 23.2 Å². The summed E-state index contributed by atoms with van der Waals surface area (Å²) >= 11 is 0. The Morgan fingerprint density at radius 2 is 1.74 bits per heavy atom. The zero-order valence-electron chi connectivity index (χ0n) is 40.8. The molecule has 4 saturated heterocycles. The Labute approximate surface area is 418 Å². The second-order valence-electron chi connectivity index (χ2n) is 20.5. The van der Waals surface area contributed by atoms with Gasteiger partial charge in [0.15, 0.2) is 5.75 Å². The molecule has 1 spiro atoms. The standard InChI is InChI=1S/C52H62FN9O9S/c1-35(2)40-6-3-4-7-41(40)43-8-5-19-61(43)37-30-51(31-37)14-20-59(21-15-51)46-12-10-42(50(56-46)71-38-28-36-13-18-54-48(36)55-32-38)49(64)57-72(67,68)39-9-11-45(44(29-39)62(65)66)70-34-52(53)16-22-60(23-17-52)47(63)33-58-24-26-69-27-25-58/h3-4,6-7,9-13,18,28-29,32,35,37,43H,5,8,14-17,19-27,30-31,33-34H2,1-2H3,(H,54,55)(H,57,64). The summed E-state index contributed by atoms with van der Waals surface area (Å²) in [7, 11) is -4.74. The van der Waals surface area contributed by atoms with E-state index in [0.29, 0.717) is 55.8 Å². The number of benzene rings is 2. The lowest BCUT2D eigenvalue weighted by atomic mass is 9.60. The Morgan fingerprint density at radius 1 is 0.972 bits per heavy atom. The molecule has 0 bridgehead atoms. The van der Waals surface area contributed by atoms with Gasteiger partial charge in [0, 0.05) is 81.8 Å². The molecular formula is C52H62FN9O9S. The number of amides is 2. The van der Waals surface area contributed by atoms with Gasteiger partial charge in [-0.15, -0.1) is 0 Å². The number of carbonyl (C=O) groups excluding carboxylic acids is 2. The number of nitro benzene ring substituents is 1. The number of nitrogens with zero attached hydrogens (tertiary/aromatic N) is 7. The van der Waals surface area contributed by atoms with Crippen molar-refractivity contribution < 1.29 is 41.5 Å². The van der Waals surface area contributed by atoms with Crippen molar-refractivity contribution in [2.24, 2.45) is 5.41 Å². The summed E-state index contributed by atoms with van der Waals surface area (Å²) in [6.07, 6.45) is 9.79. The Bertz CT molecular complexity index is 2920. The number of rotatable bonds is 15. The van der Waals surface area contributed by atoms with Gasteiger partial charge in [0.2, 0.25) is 11.8 Å². The number of nitro groups is 1. The number of H-pyrrole nitrogens is 1. The summed E-state index contributed by atoms with van der Waals surface area (Å²) in [4.78, 5) is 58.5. The summed E-state index contributed by atoms with van der Waals surface area (Å²) in [5, 5.41) is 13.0. The van der Waals surface area contributed by atoms with Crippen LogP contribution < -0.4 is 19.1 Å². The lowest BCUT2D eigenvalue weighted by Gasteiger charge is -2.56. The average Bonchev–Trinajstić information content (AvgIpc) is 4.06. The number of piperidine rings is 2. The number of aromatic nitrogens is 3. The third kappa shape index (κ3) is 10.5. The molecule has 1 unspecified atom stereocenters. The van der Waals surface area contributed by atoms with Gasteiger partial charge in [0.25, 0.3) is 15.9 Å². The number of anilines is 1. The van der Waals surface area contributed by atoms with E-state index < -0.39 is 43.7 Å². The Balaban J connectivity index is 0.801. The first-order valence-corrected chi connectivity index (χ1v) is 26.6. The van der Waals surface area contributed by atoms with Crippen molar-refractivity contribution in [1.82, 2.24) is 34.4 Å². The predicted octanol–water partition coefficient (Wildman–Crippen LogP) is 7.53. The van der Waals surface area contributed by atoms with Gasteiger partial charge in [-0.05, 0) is 104 Å². The van der Waals surface area contributed by atoms with Gasteiger partial charge in [0.05, 0.1) is 35.8 Å². The second-order valence-corrected chi connectivity index (χ2v) is 22.2. The highest BCUT2D eigenvalue weighted by atomic mass is 32.2. The molecule has 0 radical (unpaired) electrons. The summed E-state index contributed by atoms with van der Waals surface area (Å²) in [5.74, 6) is -0.371. The monoisotopic (exact) mass is 1010 g/mol. The highest BCUT2D eigenvalue weighted by Crippen LogP contribution is 2.54. The first-order chi connectivity index (χ1) is 34.6. The molecule has 2 amide bonds. The van der Waals surface area contributed by atoms with Gasteiger partial charge < -0.3 is 29.0 Å². The zero-order valence-corrected chi connectivity index (χ0v) is 41.6. The molecule has 20 heteroatoms. The highest BCUT2D eigenvalue weighted by molar-refractivity contribution is 7.90. The molecule has 5 fully saturated rings. The number of morpholine rings is 1. The largest absolute Gasteiger partial charge is 0.483 e. The SMILES string of the molecule is CC(C)c1ccccc1C1CCCN1C1CC2(CCN(c3ccc(C(=O)NS(=O)(=O)c4ccc(OCC5(F)CCN(C(=O)CN6CCOCC6)CC5)c([N+](=O)[O-])c4)c(Oc4cnc5[nH]ccc5c4)n3)CC2)C1. The average molecular weight is 1010 g/mol. The summed E-state index contributed by atoms with van der Waals surface area (Å²) in [6, 6.07) is 19.5. The molecule has 1 saturated carbocycles. The van der Waals surface area contributed by atoms with Crippen molar-refractivity contribution in [1.29, 1.82) is 0 Å². The first-order valence-electron chi connectivity index (χ1n) is 25.1. The molecule has 5 aliphatic rings. The smallest absolute Gasteiger partial charge is 0.312 e. The van der Waals surface area contributed by atoms with E-state index >= 15 is 4.39 Å². The van der Waals surface area contributed by atoms with Crippen LogP contribution in [0.1, 0.15) is 98.7 Å². The minimum Gasteiger partial charge on any atom is -0.483 e. The maximum absolute atomic E-state index is 16.0. The van der Waals surface area contributed by atoms with Crippen molar-refractivity contribution in [3.05, 3.63) is 106 Å². The lowest BCUT2D eigenvalue weighted by molar-refractivity contribution is -0.386.